The normalized spacial score (nSPS) is 11.2. The summed E-state index contributed by atoms with van der Waals surface area (Å²) < 4.78 is 47.0. The van der Waals surface area contributed by atoms with E-state index in [1.807, 2.05) is 30.3 Å². The molecule has 0 spiro atoms. The number of anilines is 1. The van der Waals surface area contributed by atoms with Gasteiger partial charge >= 0.3 is 12.1 Å². The van der Waals surface area contributed by atoms with E-state index >= 15 is 0 Å². The highest BCUT2D eigenvalue weighted by Gasteiger charge is 2.31. The zero-order chi connectivity index (χ0) is 27.3. The van der Waals surface area contributed by atoms with Crippen molar-refractivity contribution in [2.45, 2.75) is 26.1 Å². The van der Waals surface area contributed by atoms with Crippen LogP contribution in [0.5, 0.6) is 5.75 Å². The Labute approximate surface area is 217 Å². The average Bonchev–Trinajstić information content (AvgIpc) is 2.91. The Bertz CT molecular complexity index is 1470. The van der Waals surface area contributed by atoms with E-state index in [4.69, 9.17) is 4.74 Å². The van der Waals surface area contributed by atoms with Gasteiger partial charge in [0.15, 0.2) is 0 Å². The summed E-state index contributed by atoms with van der Waals surface area (Å²) in [5, 5.41) is 12.3. The lowest BCUT2D eigenvalue weighted by atomic mass is 9.92. The minimum absolute atomic E-state index is 0.0756. The molecule has 0 saturated heterocycles. The Balaban J connectivity index is 1.86. The Kier molecular flexibility index (Phi) is 7.81. The number of nitrogens with one attached hydrogen (secondary N) is 1. The number of benzene rings is 4. The Hall–Kier alpha value is -4.59. The minimum atomic E-state index is -4.58. The van der Waals surface area contributed by atoms with Crippen molar-refractivity contribution in [1.29, 1.82) is 0 Å². The first kappa shape index (κ1) is 26.5. The van der Waals surface area contributed by atoms with Gasteiger partial charge in [-0.3, -0.25) is 4.79 Å². The molecule has 0 aliphatic rings. The summed E-state index contributed by atoms with van der Waals surface area (Å²) in [6.07, 6.45) is -4.39. The van der Waals surface area contributed by atoms with Gasteiger partial charge in [0.25, 0.3) is 0 Å². The fraction of sp³-hybridized carbons (Fsp3) is 0.133. The number of amides is 1. The number of rotatable bonds is 8. The minimum Gasteiger partial charge on any atom is -0.488 e. The largest absolute Gasteiger partial charge is 0.488 e. The fourth-order valence-electron chi connectivity index (χ4n) is 3.98. The van der Waals surface area contributed by atoms with E-state index in [-0.39, 0.29) is 41.5 Å². The molecule has 8 heteroatoms. The van der Waals surface area contributed by atoms with Crippen LogP contribution in [-0.2, 0) is 17.6 Å². The van der Waals surface area contributed by atoms with Gasteiger partial charge < -0.3 is 15.2 Å². The highest BCUT2D eigenvalue weighted by Crippen LogP contribution is 2.42. The number of carboxylic acids is 1. The van der Waals surface area contributed by atoms with Gasteiger partial charge in [0.2, 0.25) is 5.91 Å². The van der Waals surface area contributed by atoms with E-state index in [9.17, 15) is 27.9 Å². The molecule has 38 heavy (non-hydrogen) atoms. The number of carboxylic acid groups (broad SMARTS) is 1. The van der Waals surface area contributed by atoms with Crippen LogP contribution in [0.2, 0.25) is 0 Å². The molecule has 0 atom stereocenters. The molecule has 0 heterocycles. The van der Waals surface area contributed by atoms with Gasteiger partial charge in [-0.2, -0.15) is 13.2 Å². The highest BCUT2D eigenvalue weighted by molar-refractivity contribution is 5.97. The van der Waals surface area contributed by atoms with Crippen LogP contribution in [0.1, 0.15) is 34.8 Å². The lowest BCUT2D eigenvalue weighted by Gasteiger charge is -2.18. The third-order valence-electron chi connectivity index (χ3n) is 5.86. The predicted molar refractivity (Wildman–Crippen MR) is 139 cm³/mol. The molecule has 0 unspecified atom stereocenters. The number of carbonyl (C=O) groups excluding carboxylic acids is 1. The third-order valence-corrected chi connectivity index (χ3v) is 5.86. The predicted octanol–water partition coefficient (Wildman–Crippen LogP) is 7.67. The third kappa shape index (κ3) is 6.21. The SMILES string of the molecule is CCC(=O)Nc1cc(C(=O)O)cc(-c2ccccc2-c2cc(C(F)(F)F)ccc2OCc2ccccc2)c1. The van der Waals surface area contributed by atoms with E-state index in [2.05, 4.69) is 5.32 Å². The second kappa shape index (κ2) is 11.2. The smallest absolute Gasteiger partial charge is 0.416 e. The maximum atomic E-state index is 13.7. The maximum absolute atomic E-state index is 13.7. The molecule has 0 saturated carbocycles. The van der Waals surface area contributed by atoms with E-state index in [1.165, 1.54) is 18.2 Å². The highest BCUT2D eigenvalue weighted by atomic mass is 19.4. The molecule has 0 radical (unpaired) electrons. The molecule has 0 bridgehead atoms. The van der Waals surface area contributed by atoms with Crippen LogP contribution in [0, 0.1) is 0 Å². The molecule has 4 aromatic rings. The first-order valence-electron chi connectivity index (χ1n) is 11.8. The van der Waals surface area contributed by atoms with Gasteiger partial charge in [-0.15, -0.1) is 0 Å². The monoisotopic (exact) mass is 519 g/mol. The first-order valence-corrected chi connectivity index (χ1v) is 11.8. The van der Waals surface area contributed by atoms with Crippen molar-refractivity contribution in [3.05, 3.63) is 108 Å². The van der Waals surface area contributed by atoms with Crippen molar-refractivity contribution < 1.29 is 32.6 Å². The Morgan fingerprint density at radius 1 is 0.842 bits per heavy atom. The molecule has 4 rings (SSSR count). The zero-order valence-corrected chi connectivity index (χ0v) is 20.4. The zero-order valence-electron chi connectivity index (χ0n) is 20.4. The van der Waals surface area contributed by atoms with E-state index in [0.29, 0.717) is 16.7 Å². The number of hydrogen-bond acceptors (Lipinski definition) is 3. The molecule has 0 aliphatic carbocycles. The summed E-state index contributed by atoms with van der Waals surface area (Å²) in [6, 6.07) is 23.6. The summed E-state index contributed by atoms with van der Waals surface area (Å²) in [5.41, 5.74) is 1.70. The molecule has 4 aromatic carbocycles. The number of alkyl halides is 3. The van der Waals surface area contributed by atoms with Crippen molar-refractivity contribution in [1.82, 2.24) is 0 Å². The molecule has 1 amide bonds. The van der Waals surface area contributed by atoms with Gasteiger partial charge in [-0.05, 0) is 58.7 Å². The van der Waals surface area contributed by atoms with Crippen LogP contribution in [0.25, 0.3) is 22.3 Å². The molecule has 194 valence electrons. The lowest BCUT2D eigenvalue weighted by molar-refractivity contribution is -0.137. The fourth-order valence-corrected chi connectivity index (χ4v) is 3.98. The van der Waals surface area contributed by atoms with Crippen molar-refractivity contribution >= 4 is 17.6 Å². The number of carbonyl (C=O) groups is 2. The summed E-state index contributed by atoms with van der Waals surface area (Å²) in [7, 11) is 0. The van der Waals surface area contributed by atoms with Crippen LogP contribution in [-0.4, -0.2) is 17.0 Å². The Morgan fingerprint density at radius 3 is 2.18 bits per heavy atom. The first-order chi connectivity index (χ1) is 18.2. The van der Waals surface area contributed by atoms with Crippen molar-refractivity contribution in [2.24, 2.45) is 0 Å². The Morgan fingerprint density at radius 2 is 1.53 bits per heavy atom. The summed E-state index contributed by atoms with van der Waals surface area (Å²) in [6.45, 7) is 1.81. The van der Waals surface area contributed by atoms with Gasteiger partial charge in [0, 0.05) is 17.7 Å². The summed E-state index contributed by atoms with van der Waals surface area (Å²) >= 11 is 0. The number of ether oxygens (including phenoxy) is 1. The standard InChI is InChI=1S/C30H24F3NO4/c1-2-28(35)34-23-15-20(14-21(16-23)29(36)37)24-10-6-7-11-25(24)26-17-22(30(31,32)33)12-13-27(26)38-18-19-8-4-3-5-9-19/h3-17H,2,18H2,1H3,(H,34,35)(H,36,37). The molecule has 5 nitrogen and oxygen atoms in total. The van der Waals surface area contributed by atoms with Crippen LogP contribution < -0.4 is 10.1 Å². The molecular formula is C30H24F3NO4. The summed E-state index contributed by atoms with van der Waals surface area (Å²) in [4.78, 5) is 23.8. The maximum Gasteiger partial charge on any atom is 0.416 e. The summed E-state index contributed by atoms with van der Waals surface area (Å²) in [5.74, 6) is -1.27. The van der Waals surface area contributed by atoms with Gasteiger partial charge in [0.05, 0.1) is 11.1 Å². The second-order valence-corrected chi connectivity index (χ2v) is 8.53. The van der Waals surface area contributed by atoms with Crippen LogP contribution in [0.3, 0.4) is 0 Å². The quantitative estimate of drug-likeness (QED) is 0.251. The van der Waals surface area contributed by atoms with Crippen molar-refractivity contribution in [3.8, 4) is 28.0 Å². The molecule has 0 aromatic heterocycles. The van der Waals surface area contributed by atoms with Gasteiger partial charge in [-0.25, -0.2) is 4.79 Å². The average molecular weight is 520 g/mol. The lowest BCUT2D eigenvalue weighted by Crippen LogP contribution is -2.10. The number of hydrogen-bond donors (Lipinski definition) is 2. The second-order valence-electron chi connectivity index (χ2n) is 8.53. The van der Waals surface area contributed by atoms with Gasteiger partial charge in [0.1, 0.15) is 12.4 Å². The van der Waals surface area contributed by atoms with Crippen LogP contribution in [0.4, 0.5) is 18.9 Å². The van der Waals surface area contributed by atoms with Crippen molar-refractivity contribution in [2.75, 3.05) is 5.32 Å². The topological polar surface area (TPSA) is 75.6 Å². The van der Waals surface area contributed by atoms with E-state index in [1.54, 1.807) is 37.3 Å². The van der Waals surface area contributed by atoms with Gasteiger partial charge in [-0.1, -0.05) is 61.5 Å². The van der Waals surface area contributed by atoms with Crippen LogP contribution >= 0.6 is 0 Å². The van der Waals surface area contributed by atoms with E-state index < -0.39 is 17.7 Å². The number of aromatic carboxylic acids is 1. The van der Waals surface area contributed by atoms with Crippen LogP contribution in [0.15, 0.2) is 91.0 Å². The molecular weight excluding hydrogens is 495 g/mol. The van der Waals surface area contributed by atoms with E-state index in [0.717, 1.165) is 17.7 Å². The molecule has 0 fully saturated rings. The van der Waals surface area contributed by atoms with Crippen molar-refractivity contribution in [3.63, 3.8) is 0 Å². The molecule has 0 aliphatic heterocycles. The number of halogens is 3. The molecule has 2 N–H and O–H groups in total.